The molecule has 1 aliphatic carbocycles. The number of hydrogen-bond donors (Lipinski definition) is 1. The average molecular weight is 154 g/mol. The third-order valence-electron chi connectivity index (χ3n) is 2.70. The molecular formula is C10H18O. The lowest BCUT2D eigenvalue weighted by Crippen LogP contribution is -2.23. The van der Waals surface area contributed by atoms with Crippen LogP contribution in [0.2, 0.25) is 0 Å². The minimum absolute atomic E-state index is 0.266. The molecule has 3 atom stereocenters. The lowest BCUT2D eigenvalue weighted by Gasteiger charge is -2.28. The van der Waals surface area contributed by atoms with Crippen molar-refractivity contribution in [1.82, 2.24) is 0 Å². The van der Waals surface area contributed by atoms with Crippen LogP contribution in [0.3, 0.4) is 0 Å². The van der Waals surface area contributed by atoms with E-state index in [4.69, 9.17) is 0 Å². The van der Waals surface area contributed by atoms with Crippen molar-refractivity contribution in [2.45, 2.75) is 38.7 Å². The van der Waals surface area contributed by atoms with Crippen molar-refractivity contribution in [3.8, 4) is 0 Å². The summed E-state index contributed by atoms with van der Waals surface area (Å²) in [5.74, 6) is 1.28. The van der Waals surface area contributed by atoms with Crippen molar-refractivity contribution in [2.24, 2.45) is 11.8 Å². The molecule has 0 bridgehead atoms. The minimum Gasteiger partial charge on any atom is -0.389 e. The molecule has 0 radical (unpaired) electrons. The highest BCUT2D eigenvalue weighted by Gasteiger charge is 2.22. The van der Waals surface area contributed by atoms with E-state index in [0.29, 0.717) is 5.92 Å². The van der Waals surface area contributed by atoms with E-state index < -0.39 is 0 Å². The summed E-state index contributed by atoms with van der Waals surface area (Å²) in [6, 6.07) is 0. The molecule has 0 saturated heterocycles. The molecule has 1 aliphatic rings. The van der Waals surface area contributed by atoms with Crippen molar-refractivity contribution >= 4 is 0 Å². The van der Waals surface area contributed by atoms with E-state index in [0.717, 1.165) is 5.92 Å². The van der Waals surface area contributed by atoms with Gasteiger partial charge < -0.3 is 5.11 Å². The second-order valence-corrected chi connectivity index (χ2v) is 3.76. The summed E-state index contributed by atoms with van der Waals surface area (Å²) < 4.78 is 0. The predicted octanol–water partition coefficient (Wildman–Crippen LogP) is 2.36. The van der Waals surface area contributed by atoms with Gasteiger partial charge >= 0.3 is 0 Å². The Kier molecular flexibility index (Phi) is 3.13. The van der Waals surface area contributed by atoms with Crippen LogP contribution in [0, 0.1) is 11.8 Å². The molecule has 0 aliphatic heterocycles. The van der Waals surface area contributed by atoms with Crippen LogP contribution in [0.25, 0.3) is 0 Å². The van der Waals surface area contributed by atoms with E-state index in [9.17, 15) is 5.11 Å². The molecule has 64 valence electrons. The molecule has 0 spiro atoms. The van der Waals surface area contributed by atoms with E-state index in [1.54, 1.807) is 6.08 Å². The van der Waals surface area contributed by atoms with Gasteiger partial charge in [-0.05, 0) is 24.7 Å². The highest BCUT2D eigenvalue weighted by molar-refractivity contribution is 4.86. The maximum Gasteiger partial charge on any atom is 0.0746 e. The lowest BCUT2D eigenvalue weighted by atomic mass is 9.80. The Hall–Kier alpha value is -0.300. The van der Waals surface area contributed by atoms with Gasteiger partial charge in [-0.1, -0.05) is 25.8 Å². The fourth-order valence-corrected chi connectivity index (χ4v) is 1.98. The van der Waals surface area contributed by atoms with E-state index in [1.807, 2.05) is 0 Å². The summed E-state index contributed by atoms with van der Waals surface area (Å²) in [5, 5.41) is 9.48. The Morgan fingerprint density at radius 1 is 1.55 bits per heavy atom. The Bertz CT molecular complexity index is 131. The van der Waals surface area contributed by atoms with Crippen molar-refractivity contribution in [3.63, 3.8) is 0 Å². The van der Waals surface area contributed by atoms with Crippen molar-refractivity contribution in [1.29, 1.82) is 0 Å². The van der Waals surface area contributed by atoms with Crippen molar-refractivity contribution in [2.75, 3.05) is 0 Å². The molecule has 1 saturated carbocycles. The normalized spacial score (nSPS) is 34.7. The van der Waals surface area contributed by atoms with Gasteiger partial charge in [0.1, 0.15) is 0 Å². The third kappa shape index (κ3) is 2.33. The zero-order valence-corrected chi connectivity index (χ0v) is 7.29. The van der Waals surface area contributed by atoms with Gasteiger partial charge in [-0.25, -0.2) is 0 Å². The molecule has 0 aromatic carbocycles. The SMILES string of the molecule is C=CC(O)C1CCCC(C)C1. The Balaban J connectivity index is 2.38. The monoisotopic (exact) mass is 154 g/mol. The van der Waals surface area contributed by atoms with Gasteiger partial charge in [0.15, 0.2) is 0 Å². The summed E-state index contributed by atoms with van der Waals surface area (Å²) in [5.41, 5.74) is 0. The topological polar surface area (TPSA) is 20.2 Å². The van der Waals surface area contributed by atoms with E-state index in [2.05, 4.69) is 13.5 Å². The second-order valence-electron chi connectivity index (χ2n) is 3.76. The minimum atomic E-state index is -0.266. The molecule has 0 aromatic rings. The van der Waals surface area contributed by atoms with Gasteiger partial charge in [0.05, 0.1) is 6.10 Å². The molecule has 1 fully saturated rings. The molecule has 3 unspecified atom stereocenters. The second kappa shape index (κ2) is 3.91. The standard InChI is InChI=1S/C10H18O/c1-3-10(11)9-6-4-5-8(2)7-9/h3,8-11H,1,4-7H2,2H3. The van der Waals surface area contributed by atoms with E-state index >= 15 is 0 Å². The number of aliphatic hydroxyl groups excluding tert-OH is 1. The van der Waals surface area contributed by atoms with Crippen LogP contribution in [0.5, 0.6) is 0 Å². The number of aliphatic hydroxyl groups is 1. The van der Waals surface area contributed by atoms with Crippen LogP contribution in [-0.2, 0) is 0 Å². The molecule has 1 nitrogen and oxygen atoms in total. The summed E-state index contributed by atoms with van der Waals surface area (Å²) in [6.45, 7) is 5.88. The van der Waals surface area contributed by atoms with Gasteiger partial charge in [-0.3, -0.25) is 0 Å². The van der Waals surface area contributed by atoms with Gasteiger partial charge in [-0.15, -0.1) is 6.58 Å². The van der Waals surface area contributed by atoms with Gasteiger partial charge in [0, 0.05) is 0 Å². The smallest absolute Gasteiger partial charge is 0.0746 e. The lowest BCUT2D eigenvalue weighted by molar-refractivity contribution is 0.109. The molecule has 0 heterocycles. The summed E-state index contributed by atoms with van der Waals surface area (Å²) >= 11 is 0. The zero-order chi connectivity index (χ0) is 8.27. The van der Waals surface area contributed by atoms with Crippen LogP contribution in [0.4, 0.5) is 0 Å². The van der Waals surface area contributed by atoms with Crippen LogP contribution in [-0.4, -0.2) is 11.2 Å². The first-order valence-electron chi connectivity index (χ1n) is 4.54. The predicted molar refractivity (Wildman–Crippen MR) is 47.3 cm³/mol. The Morgan fingerprint density at radius 3 is 2.82 bits per heavy atom. The van der Waals surface area contributed by atoms with E-state index in [-0.39, 0.29) is 6.10 Å². The highest BCUT2D eigenvalue weighted by Crippen LogP contribution is 2.30. The van der Waals surface area contributed by atoms with Crippen LogP contribution >= 0.6 is 0 Å². The maximum absolute atomic E-state index is 9.48. The molecule has 1 heteroatoms. The first-order chi connectivity index (χ1) is 5.24. The highest BCUT2D eigenvalue weighted by atomic mass is 16.3. The Morgan fingerprint density at radius 2 is 2.27 bits per heavy atom. The molecule has 1 rings (SSSR count). The maximum atomic E-state index is 9.48. The average Bonchev–Trinajstić information content (AvgIpc) is 2.03. The van der Waals surface area contributed by atoms with Crippen molar-refractivity contribution in [3.05, 3.63) is 12.7 Å². The largest absolute Gasteiger partial charge is 0.389 e. The van der Waals surface area contributed by atoms with Crippen LogP contribution < -0.4 is 0 Å². The molecule has 11 heavy (non-hydrogen) atoms. The van der Waals surface area contributed by atoms with Gasteiger partial charge in [0.2, 0.25) is 0 Å². The summed E-state index contributed by atoms with van der Waals surface area (Å²) in [7, 11) is 0. The van der Waals surface area contributed by atoms with Gasteiger partial charge in [-0.2, -0.15) is 0 Å². The first kappa shape index (κ1) is 8.79. The van der Waals surface area contributed by atoms with Gasteiger partial charge in [0.25, 0.3) is 0 Å². The number of hydrogen-bond acceptors (Lipinski definition) is 1. The molecule has 0 amide bonds. The molecule has 1 N–H and O–H groups in total. The quantitative estimate of drug-likeness (QED) is 0.605. The van der Waals surface area contributed by atoms with Crippen LogP contribution in [0.1, 0.15) is 32.6 Å². The van der Waals surface area contributed by atoms with E-state index in [1.165, 1.54) is 25.7 Å². The fraction of sp³-hybridized carbons (Fsp3) is 0.800. The van der Waals surface area contributed by atoms with Crippen LogP contribution in [0.15, 0.2) is 12.7 Å². The molecular weight excluding hydrogens is 136 g/mol. The summed E-state index contributed by atoms with van der Waals surface area (Å²) in [4.78, 5) is 0. The zero-order valence-electron chi connectivity index (χ0n) is 7.29. The number of rotatable bonds is 2. The third-order valence-corrected chi connectivity index (χ3v) is 2.70. The first-order valence-corrected chi connectivity index (χ1v) is 4.54. The fourth-order valence-electron chi connectivity index (χ4n) is 1.98. The van der Waals surface area contributed by atoms with Crippen molar-refractivity contribution < 1.29 is 5.11 Å². The molecule has 0 aromatic heterocycles. The Labute approximate surface area is 69.1 Å². The summed E-state index contributed by atoms with van der Waals surface area (Å²) in [6.07, 6.45) is 6.36.